The first-order valence-corrected chi connectivity index (χ1v) is 11.5. The van der Waals surface area contributed by atoms with Crippen LogP contribution < -0.4 is 0 Å². The first-order chi connectivity index (χ1) is 15.9. The summed E-state index contributed by atoms with van der Waals surface area (Å²) in [6.07, 6.45) is 2.83. The third-order valence-electron chi connectivity index (χ3n) is 6.93. The molecule has 3 heterocycles. The van der Waals surface area contributed by atoms with Crippen molar-refractivity contribution in [2.24, 2.45) is 5.41 Å². The number of rotatable bonds is 1. The molecule has 0 amide bonds. The maximum atomic E-state index is 14.4. The molecule has 0 saturated heterocycles. The molecule has 4 aromatic carbocycles. The maximum absolute atomic E-state index is 14.4. The van der Waals surface area contributed by atoms with Crippen molar-refractivity contribution in [3.8, 4) is 0 Å². The second-order valence-electron chi connectivity index (χ2n) is 10.4. The van der Waals surface area contributed by atoms with Crippen LogP contribution in [-0.2, 0) is 6.42 Å². The van der Waals surface area contributed by atoms with Crippen LogP contribution in [0, 0.1) is 11.2 Å². The van der Waals surface area contributed by atoms with Crippen LogP contribution >= 0.6 is 0 Å². The number of halogens is 1. The fourth-order valence-corrected chi connectivity index (χ4v) is 5.73. The second kappa shape index (κ2) is 6.20. The van der Waals surface area contributed by atoms with Crippen LogP contribution in [0.25, 0.3) is 59.8 Å². The predicted octanol–water partition coefficient (Wildman–Crippen LogP) is 8.27. The SMILES string of the molecule is CC(C)(C)Cc1c2ccccc2cc2c3nccc4ccc5c6cc(F)ccc6n(c12)c5c43. The molecular formula is C30H23FN2. The number of fused-ring (bicyclic) bond motifs is 7. The highest BCUT2D eigenvalue weighted by Gasteiger charge is 2.24. The highest BCUT2D eigenvalue weighted by Crippen LogP contribution is 2.43. The van der Waals surface area contributed by atoms with Crippen molar-refractivity contribution in [3.63, 3.8) is 0 Å². The molecule has 0 aliphatic carbocycles. The third-order valence-corrected chi connectivity index (χ3v) is 6.93. The van der Waals surface area contributed by atoms with Gasteiger partial charge in [0.15, 0.2) is 0 Å². The van der Waals surface area contributed by atoms with E-state index in [-0.39, 0.29) is 11.2 Å². The zero-order valence-electron chi connectivity index (χ0n) is 18.9. The molecule has 0 bridgehead atoms. The summed E-state index contributed by atoms with van der Waals surface area (Å²) >= 11 is 0. The van der Waals surface area contributed by atoms with Crippen molar-refractivity contribution in [2.75, 3.05) is 0 Å². The summed E-state index contributed by atoms with van der Waals surface area (Å²) in [6, 6.07) is 22.5. The molecule has 0 spiro atoms. The van der Waals surface area contributed by atoms with Gasteiger partial charge in [-0.3, -0.25) is 4.98 Å². The van der Waals surface area contributed by atoms with E-state index >= 15 is 0 Å². The Balaban J connectivity index is 1.89. The lowest BCUT2D eigenvalue weighted by atomic mass is 9.84. The minimum absolute atomic E-state index is 0.0997. The molecule has 2 nitrogen and oxygen atoms in total. The Hall–Kier alpha value is -3.72. The molecule has 0 fully saturated rings. The lowest BCUT2D eigenvalue weighted by Crippen LogP contribution is -2.11. The van der Waals surface area contributed by atoms with E-state index in [4.69, 9.17) is 4.98 Å². The van der Waals surface area contributed by atoms with Gasteiger partial charge >= 0.3 is 0 Å². The Labute approximate surface area is 190 Å². The molecule has 0 atom stereocenters. The standard InChI is InChI=1S/C30H23FN2/c1-30(2,3)16-24-20-7-5-4-6-18(20)14-23-27-26-17(12-13-32-27)8-10-21-22-15-19(31)9-11-25(22)33(28(23)24)29(21)26/h4-15H,16H2,1-3H3. The molecule has 0 radical (unpaired) electrons. The fraction of sp³-hybridized carbons (Fsp3) is 0.167. The van der Waals surface area contributed by atoms with E-state index < -0.39 is 0 Å². The molecule has 0 N–H and O–H groups in total. The minimum atomic E-state index is -0.207. The topological polar surface area (TPSA) is 17.3 Å². The number of hydrogen-bond acceptors (Lipinski definition) is 1. The first-order valence-electron chi connectivity index (χ1n) is 11.5. The predicted molar refractivity (Wildman–Crippen MR) is 137 cm³/mol. The smallest absolute Gasteiger partial charge is 0.123 e. The van der Waals surface area contributed by atoms with Gasteiger partial charge in [0.25, 0.3) is 0 Å². The quantitative estimate of drug-likeness (QED) is 0.189. The van der Waals surface area contributed by atoms with E-state index in [0.717, 1.165) is 49.9 Å². The largest absolute Gasteiger partial charge is 0.308 e. The maximum Gasteiger partial charge on any atom is 0.123 e. The van der Waals surface area contributed by atoms with Gasteiger partial charge in [0.05, 0.1) is 22.1 Å². The highest BCUT2D eigenvalue weighted by atomic mass is 19.1. The lowest BCUT2D eigenvalue weighted by molar-refractivity contribution is 0.413. The summed E-state index contributed by atoms with van der Waals surface area (Å²) in [5, 5.41) is 7.99. The van der Waals surface area contributed by atoms with Crippen LogP contribution in [0.5, 0.6) is 0 Å². The van der Waals surface area contributed by atoms with Crippen molar-refractivity contribution < 1.29 is 4.39 Å². The van der Waals surface area contributed by atoms with Crippen LogP contribution in [0.1, 0.15) is 26.3 Å². The second-order valence-corrected chi connectivity index (χ2v) is 10.4. The Bertz CT molecular complexity index is 1890. The third kappa shape index (κ3) is 2.51. The van der Waals surface area contributed by atoms with Crippen LogP contribution in [0.3, 0.4) is 0 Å². The Morgan fingerprint density at radius 2 is 1.64 bits per heavy atom. The van der Waals surface area contributed by atoms with Gasteiger partial charge in [0.2, 0.25) is 0 Å². The van der Waals surface area contributed by atoms with Gasteiger partial charge in [-0.15, -0.1) is 0 Å². The normalized spacial score (nSPS) is 13.0. The van der Waals surface area contributed by atoms with E-state index in [1.807, 2.05) is 12.3 Å². The van der Waals surface area contributed by atoms with Crippen LogP contribution in [0.4, 0.5) is 4.39 Å². The van der Waals surface area contributed by atoms with E-state index in [0.29, 0.717) is 0 Å². The molecule has 7 rings (SSSR count). The van der Waals surface area contributed by atoms with Crippen LogP contribution in [-0.4, -0.2) is 9.38 Å². The van der Waals surface area contributed by atoms with Gasteiger partial charge < -0.3 is 4.40 Å². The molecule has 33 heavy (non-hydrogen) atoms. The molecule has 0 unspecified atom stereocenters. The molecule has 0 aliphatic heterocycles. The van der Waals surface area contributed by atoms with Gasteiger partial charge in [-0.2, -0.15) is 0 Å². The summed E-state index contributed by atoms with van der Waals surface area (Å²) in [4.78, 5) is 4.91. The van der Waals surface area contributed by atoms with Gasteiger partial charge in [-0.1, -0.05) is 57.2 Å². The number of hydrogen-bond donors (Lipinski definition) is 0. The number of benzene rings is 4. The number of aromatic nitrogens is 2. The van der Waals surface area contributed by atoms with Gasteiger partial charge in [-0.05, 0) is 63.9 Å². The Morgan fingerprint density at radius 3 is 2.48 bits per heavy atom. The summed E-state index contributed by atoms with van der Waals surface area (Å²) in [5.74, 6) is -0.207. The summed E-state index contributed by atoms with van der Waals surface area (Å²) in [6.45, 7) is 6.86. The minimum Gasteiger partial charge on any atom is -0.308 e. The zero-order chi connectivity index (χ0) is 22.5. The summed E-state index contributed by atoms with van der Waals surface area (Å²) < 4.78 is 16.8. The van der Waals surface area contributed by atoms with Crippen molar-refractivity contribution in [1.29, 1.82) is 0 Å². The average molecular weight is 431 g/mol. The lowest BCUT2D eigenvalue weighted by Gasteiger charge is -2.23. The molecule has 0 saturated carbocycles. The van der Waals surface area contributed by atoms with Gasteiger partial charge in [-0.25, -0.2) is 4.39 Å². The summed E-state index contributed by atoms with van der Waals surface area (Å²) in [5.41, 5.74) is 5.81. The Kier molecular flexibility index (Phi) is 3.53. The molecule has 0 aliphatic rings. The van der Waals surface area contributed by atoms with Crippen molar-refractivity contribution >= 4 is 59.8 Å². The van der Waals surface area contributed by atoms with E-state index in [1.54, 1.807) is 12.1 Å². The van der Waals surface area contributed by atoms with Gasteiger partial charge in [0.1, 0.15) is 5.82 Å². The average Bonchev–Trinajstić information content (AvgIpc) is 3.11. The number of nitrogens with zero attached hydrogens (tertiary/aromatic N) is 2. The summed E-state index contributed by atoms with van der Waals surface area (Å²) in [7, 11) is 0. The van der Waals surface area contributed by atoms with Crippen molar-refractivity contribution in [3.05, 3.63) is 84.3 Å². The molecular weight excluding hydrogens is 407 g/mol. The van der Waals surface area contributed by atoms with Crippen molar-refractivity contribution in [2.45, 2.75) is 27.2 Å². The van der Waals surface area contributed by atoms with E-state index in [1.165, 1.54) is 21.9 Å². The van der Waals surface area contributed by atoms with Crippen LogP contribution in [0.15, 0.2) is 72.9 Å². The molecule has 160 valence electrons. The van der Waals surface area contributed by atoms with E-state index in [2.05, 4.69) is 73.7 Å². The number of pyridine rings is 2. The molecule has 7 aromatic rings. The van der Waals surface area contributed by atoms with Gasteiger partial charge in [0, 0.05) is 27.7 Å². The zero-order valence-corrected chi connectivity index (χ0v) is 18.9. The molecule has 3 heteroatoms. The first kappa shape index (κ1) is 18.8. The molecule has 3 aromatic heterocycles. The van der Waals surface area contributed by atoms with Crippen LogP contribution in [0.2, 0.25) is 0 Å². The Morgan fingerprint density at radius 1 is 0.788 bits per heavy atom. The monoisotopic (exact) mass is 430 g/mol. The van der Waals surface area contributed by atoms with Crippen molar-refractivity contribution in [1.82, 2.24) is 9.38 Å². The highest BCUT2D eigenvalue weighted by molar-refractivity contribution is 6.28. The van der Waals surface area contributed by atoms with E-state index in [9.17, 15) is 4.39 Å². The fourth-order valence-electron chi connectivity index (χ4n) is 5.73.